The molecule has 1 aliphatic heterocycles. The van der Waals surface area contributed by atoms with Crippen molar-refractivity contribution in [3.63, 3.8) is 0 Å². The zero-order valence-electron chi connectivity index (χ0n) is 14.4. The molecule has 4 rings (SSSR count). The predicted octanol–water partition coefficient (Wildman–Crippen LogP) is 4.15. The van der Waals surface area contributed by atoms with Gasteiger partial charge in [0.05, 0.1) is 11.3 Å². The van der Waals surface area contributed by atoms with E-state index in [1.165, 1.54) is 6.26 Å². The Morgan fingerprint density at radius 2 is 1.78 bits per heavy atom. The second-order valence-electron chi connectivity index (χ2n) is 6.20. The Hall–Kier alpha value is -2.57. The van der Waals surface area contributed by atoms with Crippen molar-refractivity contribution in [1.29, 1.82) is 0 Å². The van der Waals surface area contributed by atoms with Gasteiger partial charge in [0.2, 0.25) is 5.91 Å². The number of halogens is 1. The first-order chi connectivity index (χ1) is 13.1. The van der Waals surface area contributed by atoms with Crippen LogP contribution in [0.2, 0.25) is 5.02 Å². The van der Waals surface area contributed by atoms with Crippen LogP contribution in [0.15, 0.2) is 53.2 Å². The first-order valence-corrected chi connectivity index (χ1v) is 9.80. The Kier molecular flexibility index (Phi) is 5.01. The summed E-state index contributed by atoms with van der Waals surface area (Å²) in [4.78, 5) is 29.1. The summed E-state index contributed by atoms with van der Waals surface area (Å²) in [7, 11) is 0. The summed E-state index contributed by atoms with van der Waals surface area (Å²) >= 11 is 7.97. The zero-order valence-corrected chi connectivity index (χ0v) is 16.0. The number of hydrogen-bond acceptors (Lipinski definition) is 4. The molecule has 3 aromatic rings. The molecular formula is C20H17ClN2O3S. The molecule has 2 amide bonds. The second kappa shape index (κ2) is 7.58. The van der Waals surface area contributed by atoms with Gasteiger partial charge in [0, 0.05) is 47.2 Å². The molecule has 2 aromatic heterocycles. The number of furan rings is 1. The molecule has 27 heavy (non-hydrogen) atoms. The Bertz CT molecular complexity index is 1000. The number of hydrogen-bond donors (Lipinski definition) is 0. The van der Waals surface area contributed by atoms with E-state index in [0.29, 0.717) is 37.0 Å². The molecule has 7 heteroatoms. The first-order valence-electron chi connectivity index (χ1n) is 8.60. The van der Waals surface area contributed by atoms with Gasteiger partial charge in [-0.25, -0.2) is 0 Å². The van der Waals surface area contributed by atoms with E-state index in [9.17, 15) is 9.59 Å². The van der Waals surface area contributed by atoms with Crippen LogP contribution in [0.25, 0.3) is 16.2 Å². The lowest BCUT2D eigenvalue weighted by molar-refractivity contribution is -0.127. The van der Waals surface area contributed by atoms with Crippen molar-refractivity contribution < 1.29 is 14.0 Å². The van der Waals surface area contributed by atoms with E-state index in [-0.39, 0.29) is 11.8 Å². The van der Waals surface area contributed by atoms with Gasteiger partial charge < -0.3 is 14.2 Å². The molecule has 0 radical (unpaired) electrons. The highest BCUT2D eigenvalue weighted by atomic mass is 35.5. The van der Waals surface area contributed by atoms with Gasteiger partial charge in [-0.1, -0.05) is 29.8 Å². The molecule has 1 fully saturated rings. The third kappa shape index (κ3) is 3.63. The first kappa shape index (κ1) is 17.8. The maximum atomic E-state index is 12.5. The van der Waals surface area contributed by atoms with Gasteiger partial charge in [-0.15, -0.1) is 11.3 Å². The van der Waals surface area contributed by atoms with Crippen LogP contribution in [0.1, 0.15) is 15.4 Å². The number of carbonyl (C=O) groups is 2. The van der Waals surface area contributed by atoms with Gasteiger partial charge in [0.1, 0.15) is 0 Å². The molecule has 1 aliphatic rings. The van der Waals surface area contributed by atoms with Crippen LogP contribution in [0.3, 0.4) is 0 Å². The Labute approximate surface area is 165 Å². The summed E-state index contributed by atoms with van der Waals surface area (Å²) in [6, 6.07) is 11.2. The molecule has 3 heterocycles. The van der Waals surface area contributed by atoms with E-state index in [1.807, 2.05) is 24.3 Å². The van der Waals surface area contributed by atoms with E-state index in [0.717, 1.165) is 15.0 Å². The van der Waals surface area contributed by atoms with E-state index < -0.39 is 0 Å². The van der Waals surface area contributed by atoms with Crippen LogP contribution in [-0.4, -0.2) is 47.8 Å². The third-order valence-corrected chi connectivity index (χ3v) is 6.20. The molecule has 0 atom stereocenters. The molecule has 0 aliphatic carbocycles. The van der Waals surface area contributed by atoms with Gasteiger partial charge in [0.25, 0.3) is 5.91 Å². The molecule has 5 nitrogen and oxygen atoms in total. The van der Waals surface area contributed by atoms with Crippen molar-refractivity contribution in [1.82, 2.24) is 9.80 Å². The summed E-state index contributed by atoms with van der Waals surface area (Å²) in [6.45, 7) is 1.97. The highest BCUT2D eigenvalue weighted by Crippen LogP contribution is 2.35. The van der Waals surface area contributed by atoms with E-state index in [1.54, 1.807) is 45.4 Å². The predicted molar refractivity (Wildman–Crippen MR) is 107 cm³/mol. The van der Waals surface area contributed by atoms with Crippen molar-refractivity contribution in [2.24, 2.45) is 0 Å². The minimum absolute atomic E-state index is 0.0754. The molecule has 138 valence electrons. The summed E-state index contributed by atoms with van der Waals surface area (Å²) in [5, 5.41) is 1.68. The summed E-state index contributed by atoms with van der Waals surface area (Å²) in [5.74, 6) is 0.113. The normalized spacial score (nSPS) is 15.0. The highest BCUT2D eigenvalue weighted by molar-refractivity contribution is 7.20. The molecule has 0 bridgehead atoms. The van der Waals surface area contributed by atoms with Gasteiger partial charge in [-0.2, -0.15) is 0 Å². The Morgan fingerprint density at radius 1 is 1.04 bits per heavy atom. The fraction of sp³-hybridized carbons (Fsp3) is 0.200. The van der Waals surface area contributed by atoms with Crippen LogP contribution in [0.5, 0.6) is 0 Å². The molecule has 0 N–H and O–H groups in total. The molecule has 1 saturated heterocycles. The maximum Gasteiger partial charge on any atom is 0.289 e. The topological polar surface area (TPSA) is 53.8 Å². The highest BCUT2D eigenvalue weighted by Gasteiger charge is 2.25. The van der Waals surface area contributed by atoms with Crippen molar-refractivity contribution in [3.05, 3.63) is 64.4 Å². The Balaban J connectivity index is 1.38. The number of nitrogens with zero attached hydrogens (tertiary/aromatic N) is 2. The average molecular weight is 401 g/mol. The lowest BCUT2D eigenvalue weighted by atomic mass is 10.2. The molecule has 0 unspecified atom stereocenters. The standard InChI is InChI=1S/C20H17ClN2O3S/c21-19-14-4-1-2-6-16(14)27-17(19)7-8-18(24)22-9-11-23(12-10-22)20(25)15-5-3-13-26-15/h1-8,13H,9-12H2/b8-7+. The van der Waals surface area contributed by atoms with Crippen molar-refractivity contribution in [3.8, 4) is 0 Å². The molecular weight excluding hydrogens is 384 g/mol. The number of piperazine rings is 1. The van der Waals surface area contributed by atoms with E-state index in [4.69, 9.17) is 16.0 Å². The number of fused-ring (bicyclic) bond motifs is 1. The van der Waals surface area contributed by atoms with Crippen molar-refractivity contribution >= 4 is 50.9 Å². The minimum atomic E-state index is -0.139. The lowest BCUT2D eigenvalue weighted by Gasteiger charge is -2.33. The maximum absolute atomic E-state index is 12.5. The lowest BCUT2D eigenvalue weighted by Crippen LogP contribution is -2.50. The van der Waals surface area contributed by atoms with Gasteiger partial charge >= 0.3 is 0 Å². The number of carbonyl (C=O) groups excluding carboxylic acids is 2. The summed E-state index contributed by atoms with van der Waals surface area (Å²) in [6.07, 6.45) is 4.81. The fourth-order valence-corrected chi connectivity index (χ4v) is 4.48. The van der Waals surface area contributed by atoms with Crippen molar-refractivity contribution in [2.45, 2.75) is 0 Å². The average Bonchev–Trinajstić information content (AvgIpc) is 3.35. The van der Waals surface area contributed by atoms with Crippen molar-refractivity contribution in [2.75, 3.05) is 26.2 Å². The number of benzene rings is 1. The van der Waals surface area contributed by atoms with Crippen LogP contribution in [-0.2, 0) is 4.79 Å². The van der Waals surface area contributed by atoms with Gasteiger partial charge in [-0.05, 0) is 24.3 Å². The number of thiophene rings is 1. The molecule has 0 spiro atoms. The SMILES string of the molecule is O=C(/C=C/c1sc2ccccc2c1Cl)N1CCN(C(=O)c2ccco2)CC1. The zero-order chi connectivity index (χ0) is 18.8. The quantitative estimate of drug-likeness (QED) is 0.621. The van der Waals surface area contributed by atoms with E-state index in [2.05, 4.69) is 0 Å². The summed E-state index contributed by atoms with van der Waals surface area (Å²) < 4.78 is 6.25. The summed E-state index contributed by atoms with van der Waals surface area (Å²) in [5.41, 5.74) is 0. The third-order valence-electron chi connectivity index (χ3n) is 4.55. The fourth-order valence-electron chi connectivity index (χ4n) is 3.08. The minimum Gasteiger partial charge on any atom is -0.459 e. The monoisotopic (exact) mass is 400 g/mol. The Morgan fingerprint density at radius 3 is 2.48 bits per heavy atom. The second-order valence-corrected chi connectivity index (χ2v) is 7.67. The molecule has 0 saturated carbocycles. The van der Waals surface area contributed by atoms with E-state index >= 15 is 0 Å². The van der Waals surface area contributed by atoms with Crippen LogP contribution in [0.4, 0.5) is 0 Å². The number of rotatable bonds is 3. The number of amides is 2. The van der Waals surface area contributed by atoms with Crippen LogP contribution >= 0.6 is 22.9 Å². The molecule has 1 aromatic carbocycles. The van der Waals surface area contributed by atoms with Gasteiger partial charge in [-0.3, -0.25) is 9.59 Å². The van der Waals surface area contributed by atoms with Crippen LogP contribution in [0, 0.1) is 0 Å². The largest absolute Gasteiger partial charge is 0.459 e. The van der Waals surface area contributed by atoms with Gasteiger partial charge in [0.15, 0.2) is 5.76 Å². The smallest absolute Gasteiger partial charge is 0.289 e. The van der Waals surface area contributed by atoms with Crippen LogP contribution < -0.4 is 0 Å².